The number of rotatable bonds is 5. The Morgan fingerprint density at radius 3 is 2.53 bits per heavy atom. The van der Waals surface area contributed by atoms with Gasteiger partial charge in [0, 0.05) is 26.3 Å². The van der Waals surface area contributed by atoms with Gasteiger partial charge in [-0.15, -0.1) is 11.6 Å². The molecular weight excluding hydrogens is 238 g/mol. The lowest BCUT2D eigenvalue weighted by molar-refractivity contribution is 0.0781. The van der Waals surface area contributed by atoms with Gasteiger partial charge in [-0.2, -0.15) is 0 Å². The standard InChI is InChI=1S/C13H18ClNO2/c1-10-4-6-11(7-5-10)13(16)15(2)8-12(14)9-17-3/h4-7,12H,8-9H2,1-3H3. The predicted molar refractivity (Wildman–Crippen MR) is 69.7 cm³/mol. The second kappa shape index (κ2) is 6.62. The summed E-state index contributed by atoms with van der Waals surface area (Å²) >= 11 is 6.01. The molecule has 0 spiro atoms. The molecule has 0 heterocycles. The van der Waals surface area contributed by atoms with E-state index in [4.69, 9.17) is 16.3 Å². The number of carbonyl (C=O) groups is 1. The van der Waals surface area contributed by atoms with E-state index in [2.05, 4.69) is 0 Å². The van der Waals surface area contributed by atoms with E-state index in [9.17, 15) is 4.79 Å². The number of carbonyl (C=O) groups excluding carboxylic acids is 1. The minimum absolute atomic E-state index is 0.0215. The molecule has 0 aliphatic heterocycles. The molecule has 17 heavy (non-hydrogen) atoms. The summed E-state index contributed by atoms with van der Waals surface area (Å²) in [6.07, 6.45) is 0. The van der Waals surface area contributed by atoms with Crippen molar-refractivity contribution in [2.45, 2.75) is 12.3 Å². The zero-order valence-electron chi connectivity index (χ0n) is 10.4. The summed E-state index contributed by atoms with van der Waals surface area (Å²) in [4.78, 5) is 13.6. The smallest absolute Gasteiger partial charge is 0.253 e. The van der Waals surface area contributed by atoms with Gasteiger partial charge >= 0.3 is 0 Å². The molecule has 0 aliphatic rings. The van der Waals surface area contributed by atoms with Crippen molar-refractivity contribution >= 4 is 17.5 Å². The first-order valence-electron chi connectivity index (χ1n) is 5.49. The second-order valence-electron chi connectivity index (χ2n) is 4.10. The van der Waals surface area contributed by atoms with Crippen LogP contribution in [0.25, 0.3) is 0 Å². The summed E-state index contributed by atoms with van der Waals surface area (Å²) in [5, 5.41) is -0.181. The lowest BCUT2D eigenvalue weighted by Gasteiger charge is -2.20. The van der Waals surface area contributed by atoms with Crippen LogP contribution in [0.2, 0.25) is 0 Å². The van der Waals surface area contributed by atoms with Crippen LogP contribution < -0.4 is 0 Å². The van der Waals surface area contributed by atoms with Crippen molar-refractivity contribution in [1.29, 1.82) is 0 Å². The second-order valence-corrected chi connectivity index (χ2v) is 4.72. The van der Waals surface area contributed by atoms with Gasteiger partial charge in [0.1, 0.15) is 0 Å². The van der Waals surface area contributed by atoms with Crippen molar-refractivity contribution in [3.05, 3.63) is 35.4 Å². The number of benzene rings is 1. The lowest BCUT2D eigenvalue weighted by Crippen LogP contribution is -2.33. The number of hydrogen-bond donors (Lipinski definition) is 0. The molecule has 1 amide bonds. The number of halogens is 1. The Kier molecular flexibility index (Phi) is 5.45. The molecule has 1 unspecified atom stereocenters. The van der Waals surface area contributed by atoms with Crippen molar-refractivity contribution in [2.75, 3.05) is 27.3 Å². The molecule has 0 aliphatic carbocycles. The van der Waals surface area contributed by atoms with Crippen molar-refractivity contribution in [3.63, 3.8) is 0 Å². The molecule has 1 atom stereocenters. The topological polar surface area (TPSA) is 29.5 Å². The Balaban J connectivity index is 2.60. The fourth-order valence-corrected chi connectivity index (χ4v) is 1.86. The zero-order chi connectivity index (χ0) is 12.8. The van der Waals surface area contributed by atoms with Gasteiger partial charge in [0.15, 0.2) is 0 Å². The Labute approximate surface area is 107 Å². The molecule has 4 heteroatoms. The average Bonchev–Trinajstić information content (AvgIpc) is 2.29. The minimum atomic E-state index is -0.181. The average molecular weight is 256 g/mol. The van der Waals surface area contributed by atoms with Gasteiger partial charge in [0.25, 0.3) is 5.91 Å². The third kappa shape index (κ3) is 4.36. The maximum absolute atomic E-state index is 12.0. The first-order valence-corrected chi connectivity index (χ1v) is 5.93. The van der Waals surface area contributed by atoms with Crippen molar-refractivity contribution in [2.24, 2.45) is 0 Å². The summed E-state index contributed by atoms with van der Waals surface area (Å²) in [6, 6.07) is 7.50. The quantitative estimate of drug-likeness (QED) is 0.756. The predicted octanol–water partition coefficient (Wildman–Crippen LogP) is 2.32. The van der Waals surface area contributed by atoms with Crippen molar-refractivity contribution in [1.82, 2.24) is 4.90 Å². The van der Waals surface area contributed by atoms with Gasteiger partial charge in [0.2, 0.25) is 0 Å². The number of alkyl halides is 1. The van der Waals surface area contributed by atoms with Gasteiger partial charge in [-0.05, 0) is 19.1 Å². The van der Waals surface area contributed by atoms with E-state index in [1.807, 2.05) is 31.2 Å². The summed E-state index contributed by atoms with van der Waals surface area (Å²) < 4.78 is 4.94. The number of methoxy groups -OCH3 is 1. The Morgan fingerprint density at radius 1 is 1.41 bits per heavy atom. The Hall–Kier alpha value is -1.06. The van der Waals surface area contributed by atoms with Crippen LogP contribution in [0.4, 0.5) is 0 Å². The first-order chi connectivity index (χ1) is 8.04. The summed E-state index contributed by atoms with van der Waals surface area (Å²) in [5.74, 6) is -0.0215. The molecule has 1 aromatic rings. The number of ether oxygens (including phenoxy) is 1. The third-order valence-corrected chi connectivity index (χ3v) is 2.73. The SMILES string of the molecule is COCC(Cl)CN(C)C(=O)c1ccc(C)cc1. The number of nitrogens with zero attached hydrogens (tertiary/aromatic N) is 1. The molecule has 0 fully saturated rings. The molecule has 0 bridgehead atoms. The van der Waals surface area contributed by atoms with Gasteiger partial charge in [0.05, 0.1) is 12.0 Å². The number of amides is 1. The molecule has 0 aromatic heterocycles. The van der Waals surface area contributed by atoms with Crippen LogP contribution in [-0.4, -0.2) is 43.5 Å². The van der Waals surface area contributed by atoms with Gasteiger partial charge < -0.3 is 9.64 Å². The van der Waals surface area contributed by atoms with Crippen LogP contribution in [0.15, 0.2) is 24.3 Å². The highest BCUT2D eigenvalue weighted by atomic mass is 35.5. The van der Waals surface area contributed by atoms with Gasteiger partial charge in [-0.3, -0.25) is 4.79 Å². The normalized spacial score (nSPS) is 12.2. The Morgan fingerprint density at radius 2 is 2.00 bits per heavy atom. The molecule has 0 saturated carbocycles. The molecule has 1 rings (SSSR count). The van der Waals surface area contributed by atoms with Gasteiger partial charge in [-0.1, -0.05) is 17.7 Å². The highest BCUT2D eigenvalue weighted by Gasteiger charge is 2.15. The van der Waals surface area contributed by atoms with E-state index in [0.717, 1.165) is 5.56 Å². The van der Waals surface area contributed by atoms with Crippen LogP contribution in [0, 0.1) is 6.92 Å². The van der Waals surface area contributed by atoms with E-state index < -0.39 is 0 Å². The van der Waals surface area contributed by atoms with Crippen LogP contribution in [0.3, 0.4) is 0 Å². The maximum Gasteiger partial charge on any atom is 0.253 e. The van der Waals surface area contributed by atoms with Crippen LogP contribution in [0.1, 0.15) is 15.9 Å². The first kappa shape index (κ1) is 14.0. The fraction of sp³-hybridized carbons (Fsp3) is 0.462. The van der Waals surface area contributed by atoms with Crippen LogP contribution >= 0.6 is 11.6 Å². The summed E-state index contributed by atoms with van der Waals surface area (Å²) in [7, 11) is 3.34. The number of aryl methyl sites for hydroxylation is 1. The van der Waals surface area contributed by atoms with Crippen molar-refractivity contribution in [3.8, 4) is 0 Å². The lowest BCUT2D eigenvalue weighted by atomic mass is 10.1. The minimum Gasteiger partial charge on any atom is -0.383 e. The molecular formula is C13H18ClNO2. The summed E-state index contributed by atoms with van der Waals surface area (Å²) in [5.41, 5.74) is 1.82. The highest BCUT2D eigenvalue weighted by Crippen LogP contribution is 2.08. The number of hydrogen-bond acceptors (Lipinski definition) is 2. The molecule has 1 aromatic carbocycles. The monoisotopic (exact) mass is 255 g/mol. The largest absolute Gasteiger partial charge is 0.383 e. The molecule has 0 radical (unpaired) electrons. The zero-order valence-corrected chi connectivity index (χ0v) is 11.2. The van der Waals surface area contributed by atoms with Crippen LogP contribution in [-0.2, 0) is 4.74 Å². The fourth-order valence-electron chi connectivity index (χ4n) is 1.53. The molecule has 0 saturated heterocycles. The highest BCUT2D eigenvalue weighted by molar-refractivity contribution is 6.21. The molecule has 94 valence electrons. The van der Waals surface area contributed by atoms with E-state index in [1.165, 1.54) is 0 Å². The Bertz CT molecular complexity index is 364. The third-order valence-electron chi connectivity index (χ3n) is 2.46. The van der Waals surface area contributed by atoms with Crippen molar-refractivity contribution < 1.29 is 9.53 Å². The van der Waals surface area contributed by atoms with E-state index in [-0.39, 0.29) is 11.3 Å². The summed E-state index contributed by atoms with van der Waals surface area (Å²) in [6.45, 7) is 2.90. The van der Waals surface area contributed by atoms with Crippen LogP contribution in [0.5, 0.6) is 0 Å². The van der Waals surface area contributed by atoms with Gasteiger partial charge in [-0.25, -0.2) is 0 Å². The molecule has 3 nitrogen and oxygen atoms in total. The van der Waals surface area contributed by atoms with E-state index in [1.54, 1.807) is 19.1 Å². The maximum atomic E-state index is 12.0. The molecule has 0 N–H and O–H groups in total. The van der Waals surface area contributed by atoms with E-state index in [0.29, 0.717) is 18.7 Å². The van der Waals surface area contributed by atoms with E-state index >= 15 is 0 Å².